The van der Waals surface area contributed by atoms with Crippen LogP contribution in [0.1, 0.15) is 49.2 Å². The number of fused-ring (bicyclic) bond motifs is 1. The lowest BCUT2D eigenvalue weighted by Gasteiger charge is -2.14. The van der Waals surface area contributed by atoms with Crippen LogP contribution in [0.25, 0.3) is 27.7 Å². The fraction of sp³-hybridized carbons (Fsp3) is 0.214. The van der Waals surface area contributed by atoms with Crippen molar-refractivity contribution in [3.05, 3.63) is 102 Å². The highest BCUT2D eigenvalue weighted by Crippen LogP contribution is 2.30. The van der Waals surface area contributed by atoms with Gasteiger partial charge in [0.25, 0.3) is 0 Å². The summed E-state index contributed by atoms with van der Waals surface area (Å²) in [5.74, 6) is 0.624. The highest BCUT2D eigenvalue weighted by atomic mass is 14.9. The van der Waals surface area contributed by atoms with Gasteiger partial charge in [0.15, 0.2) is 0 Å². The van der Waals surface area contributed by atoms with Gasteiger partial charge in [0.2, 0.25) is 0 Å². The van der Waals surface area contributed by atoms with Crippen LogP contribution in [0.4, 0.5) is 0 Å². The van der Waals surface area contributed by atoms with E-state index >= 15 is 0 Å². The Hall–Kier alpha value is -3.46. The van der Waals surface area contributed by atoms with Crippen LogP contribution < -0.4 is 5.32 Å². The van der Waals surface area contributed by atoms with E-state index in [1.165, 1.54) is 0 Å². The number of rotatable bonds is 6. The van der Waals surface area contributed by atoms with E-state index in [2.05, 4.69) is 62.2 Å². The first kappa shape index (κ1) is 20.8. The van der Waals surface area contributed by atoms with Gasteiger partial charge in [-0.05, 0) is 72.4 Å². The van der Waals surface area contributed by atoms with Gasteiger partial charge in [-0.2, -0.15) is 0 Å². The van der Waals surface area contributed by atoms with Gasteiger partial charge in [0, 0.05) is 29.1 Å². The lowest BCUT2D eigenvalue weighted by Crippen LogP contribution is -2.08. The Bertz CT molecular complexity index is 1210. The Morgan fingerprint density at radius 2 is 2.00 bits per heavy atom. The van der Waals surface area contributed by atoms with E-state index in [0.717, 1.165) is 63.1 Å². The van der Waals surface area contributed by atoms with Crippen LogP contribution in [0.3, 0.4) is 0 Å². The molecule has 1 aliphatic rings. The number of aromatic nitrogens is 2. The number of pyridine rings is 2. The van der Waals surface area contributed by atoms with Crippen LogP contribution in [0.2, 0.25) is 0 Å². The van der Waals surface area contributed by atoms with Crippen molar-refractivity contribution in [3.8, 4) is 0 Å². The molecule has 3 heterocycles. The minimum atomic E-state index is 0.624. The Kier molecular flexibility index (Phi) is 6.13. The number of allylic oxidation sites excluding steroid dienone is 5. The van der Waals surface area contributed by atoms with E-state index in [0.29, 0.717) is 5.92 Å². The Balaban J connectivity index is 1.79. The van der Waals surface area contributed by atoms with Crippen molar-refractivity contribution in [2.45, 2.75) is 33.6 Å². The molecule has 1 aromatic carbocycles. The fourth-order valence-electron chi connectivity index (χ4n) is 3.81. The first-order chi connectivity index (χ1) is 15.0. The molecule has 3 heteroatoms. The van der Waals surface area contributed by atoms with E-state index in [4.69, 9.17) is 9.97 Å². The predicted molar refractivity (Wildman–Crippen MR) is 132 cm³/mol. The van der Waals surface area contributed by atoms with Crippen molar-refractivity contribution in [2.75, 3.05) is 0 Å². The second-order valence-electron chi connectivity index (χ2n) is 8.27. The van der Waals surface area contributed by atoms with Crippen LogP contribution in [0, 0.1) is 12.8 Å². The standard InChI is InChI=1S/C28H29N3/c1-5-19(2)15-20(3)24-17-23-16-22(12-13-26(23)30-18-24)25-10-6-7-14-29-28(25)27-11-8-9-21(4)31-27/h6-14,16-19,29H,3,5,15H2,1-2,4H3. The molecule has 3 aromatic rings. The third kappa shape index (κ3) is 4.66. The maximum absolute atomic E-state index is 4.74. The predicted octanol–water partition coefficient (Wildman–Crippen LogP) is 6.93. The summed E-state index contributed by atoms with van der Waals surface area (Å²) in [5, 5.41) is 4.54. The second kappa shape index (κ2) is 9.13. The number of nitrogens with zero attached hydrogens (tertiary/aromatic N) is 2. The van der Waals surface area contributed by atoms with Crippen molar-refractivity contribution in [3.63, 3.8) is 0 Å². The molecule has 0 amide bonds. The summed E-state index contributed by atoms with van der Waals surface area (Å²) in [6.07, 6.45) is 12.2. The highest BCUT2D eigenvalue weighted by molar-refractivity contribution is 5.97. The van der Waals surface area contributed by atoms with E-state index in [1.54, 1.807) is 0 Å². The monoisotopic (exact) mass is 407 g/mol. The number of nitrogens with one attached hydrogen (secondary N) is 1. The summed E-state index contributed by atoms with van der Waals surface area (Å²) in [4.78, 5) is 9.43. The Morgan fingerprint density at radius 1 is 1.13 bits per heavy atom. The molecule has 156 valence electrons. The lowest BCUT2D eigenvalue weighted by atomic mass is 9.94. The summed E-state index contributed by atoms with van der Waals surface area (Å²) < 4.78 is 0. The zero-order valence-electron chi connectivity index (χ0n) is 18.5. The van der Waals surface area contributed by atoms with E-state index in [-0.39, 0.29) is 0 Å². The number of aryl methyl sites for hydroxylation is 1. The number of hydrogen-bond donors (Lipinski definition) is 1. The first-order valence-corrected chi connectivity index (χ1v) is 10.9. The third-order valence-corrected chi connectivity index (χ3v) is 5.80. The van der Waals surface area contributed by atoms with E-state index in [1.807, 2.05) is 43.6 Å². The van der Waals surface area contributed by atoms with Crippen LogP contribution in [0.5, 0.6) is 0 Å². The molecule has 4 rings (SSSR count). The summed E-state index contributed by atoms with van der Waals surface area (Å²) in [5.41, 5.74) is 8.42. The lowest BCUT2D eigenvalue weighted by molar-refractivity contribution is 0.580. The molecule has 0 spiro atoms. The molecule has 2 aromatic heterocycles. The average Bonchev–Trinajstić information content (AvgIpc) is 3.04. The average molecular weight is 408 g/mol. The van der Waals surface area contributed by atoms with Crippen LogP contribution in [-0.4, -0.2) is 9.97 Å². The van der Waals surface area contributed by atoms with E-state index in [9.17, 15) is 0 Å². The zero-order chi connectivity index (χ0) is 21.8. The Labute approximate surface area is 185 Å². The first-order valence-electron chi connectivity index (χ1n) is 10.9. The van der Waals surface area contributed by atoms with Gasteiger partial charge >= 0.3 is 0 Å². The maximum atomic E-state index is 4.74. The fourth-order valence-corrected chi connectivity index (χ4v) is 3.81. The van der Waals surface area contributed by atoms with Crippen molar-refractivity contribution >= 4 is 27.7 Å². The van der Waals surface area contributed by atoms with Crippen molar-refractivity contribution in [1.82, 2.24) is 15.3 Å². The molecule has 0 fully saturated rings. The second-order valence-corrected chi connectivity index (χ2v) is 8.27. The molecule has 3 nitrogen and oxygen atoms in total. The largest absolute Gasteiger partial charge is 0.359 e. The molecular formula is C28H29N3. The van der Waals surface area contributed by atoms with Gasteiger partial charge < -0.3 is 5.32 Å². The van der Waals surface area contributed by atoms with Gasteiger partial charge in [-0.1, -0.05) is 51.1 Å². The topological polar surface area (TPSA) is 37.8 Å². The minimum absolute atomic E-state index is 0.624. The maximum Gasteiger partial charge on any atom is 0.0873 e. The van der Waals surface area contributed by atoms with Crippen molar-refractivity contribution < 1.29 is 0 Å². The molecule has 1 aliphatic heterocycles. The quantitative estimate of drug-likeness (QED) is 0.481. The van der Waals surface area contributed by atoms with Gasteiger partial charge in [0.1, 0.15) is 0 Å². The summed E-state index contributed by atoms with van der Waals surface area (Å²) in [6.45, 7) is 10.8. The highest BCUT2D eigenvalue weighted by Gasteiger charge is 2.13. The van der Waals surface area contributed by atoms with Crippen molar-refractivity contribution in [2.24, 2.45) is 5.92 Å². The van der Waals surface area contributed by atoms with Crippen LogP contribution in [0.15, 0.2) is 79.7 Å². The molecule has 0 saturated carbocycles. The summed E-state index contributed by atoms with van der Waals surface area (Å²) in [7, 11) is 0. The SMILES string of the molecule is C=C(CC(C)CC)c1cnc2ccc(C3=C(c4cccc(C)n4)NC=CC=C3)cc2c1. The zero-order valence-corrected chi connectivity index (χ0v) is 18.5. The molecular weight excluding hydrogens is 378 g/mol. The smallest absolute Gasteiger partial charge is 0.0873 e. The molecule has 0 saturated heterocycles. The molecule has 1 unspecified atom stereocenters. The van der Waals surface area contributed by atoms with Gasteiger partial charge in [-0.25, -0.2) is 0 Å². The van der Waals surface area contributed by atoms with E-state index < -0.39 is 0 Å². The van der Waals surface area contributed by atoms with Crippen LogP contribution in [-0.2, 0) is 0 Å². The molecule has 31 heavy (non-hydrogen) atoms. The molecule has 0 bridgehead atoms. The number of hydrogen-bond acceptors (Lipinski definition) is 3. The summed E-state index contributed by atoms with van der Waals surface area (Å²) >= 11 is 0. The van der Waals surface area contributed by atoms with Crippen molar-refractivity contribution in [1.29, 1.82) is 0 Å². The molecule has 0 radical (unpaired) electrons. The number of benzene rings is 1. The Morgan fingerprint density at radius 3 is 2.81 bits per heavy atom. The molecule has 1 atom stereocenters. The van der Waals surface area contributed by atoms with Crippen LogP contribution >= 0.6 is 0 Å². The van der Waals surface area contributed by atoms with Gasteiger partial charge in [0.05, 0.1) is 16.9 Å². The molecule has 0 aliphatic carbocycles. The molecule has 1 N–H and O–H groups in total. The van der Waals surface area contributed by atoms with Gasteiger partial charge in [-0.15, -0.1) is 0 Å². The minimum Gasteiger partial charge on any atom is -0.359 e. The third-order valence-electron chi connectivity index (χ3n) is 5.80. The summed E-state index contributed by atoms with van der Waals surface area (Å²) in [6, 6.07) is 14.8. The normalized spacial score (nSPS) is 14.4. The van der Waals surface area contributed by atoms with Gasteiger partial charge in [-0.3, -0.25) is 9.97 Å².